The molecular weight excluding hydrogens is 294 g/mol. The van der Waals surface area contributed by atoms with E-state index in [1.54, 1.807) is 19.2 Å². The maximum absolute atomic E-state index is 12.0. The lowest BCUT2D eigenvalue weighted by atomic mass is 10.2. The molecule has 7 heteroatoms. The molecule has 0 aliphatic rings. The van der Waals surface area contributed by atoms with Crippen LogP contribution in [0.5, 0.6) is 5.75 Å². The number of carbonyl (C=O) groups excluding carboxylic acids is 1. The third kappa shape index (κ3) is 7.33. The van der Waals surface area contributed by atoms with Crippen molar-refractivity contribution in [2.45, 2.75) is 26.1 Å². The second-order valence-electron chi connectivity index (χ2n) is 5.12. The molecule has 0 bridgehead atoms. The molecule has 1 aromatic carbocycles. The third-order valence-corrected chi connectivity index (χ3v) is 2.84. The summed E-state index contributed by atoms with van der Waals surface area (Å²) in [5, 5.41) is 2.82. The van der Waals surface area contributed by atoms with Gasteiger partial charge in [-0.25, -0.2) is 0 Å². The summed E-state index contributed by atoms with van der Waals surface area (Å²) < 4.78 is 33.3. The number of likely N-dealkylation sites (N-methyl/N-ethyl adjacent to an activating group) is 1. The van der Waals surface area contributed by atoms with Gasteiger partial charge in [0.25, 0.3) is 0 Å². The second-order valence-corrected chi connectivity index (χ2v) is 5.12. The Labute approximate surface area is 129 Å². The zero-order chi connectivity index (χ0) is 16.5. The van der Waals surface area contributed by atoms with E-state index in [2.05, 4.69) is 10.1 Å². The standard InChI is InChI=1S/C15H22F2N2O3/c1-11(10-21-3)18-14(20)9-19(2)8-12-4-6-13(7-5-12)22-15(16)17/h4-7,11,15H,8-10H2,1-3H3,(H,18,20). The summed E-state index contributed by atoms with van der Waals surface area (Å²) in [7, 11) is 3.39. The SMILES string of the molecule is COCC(C)NC(=O)CN(C)Cc1ccc(OC(F)F)cc1. The molecule has 0 saturated carbocycles. The Kier molecular flexibility index (Phi) is 7.76. The maximum atomic E-state index is 12.0. The highest BCUT2D eigenvalue weighted by molar-refractivity contribution is 5.78. The van der Waals surface area contributed by atoms with E-state index in [1.165, 1.54) is 12.1 Å². The van der Waals surface area contributed by atoms with Gasteiger partial charge >= 0.3 is 6.61 Å². The van der Waals surface area contributed by atoms with Gasteiger partial charge < -0.3 is 14.8 Å². The van der Waals surface area contributed by atoms with Gasteiger partial charge in [-0.2, -0.15) is 8.78 Å². The Morgan fingerprint density at radius 3 is 2.50 bits per heavy atom. The van der Waals surface area contributed by atoms with E-state index in [1.807, 2.05) is 18.9 Å². The molecule has 0 aliphatic heterocycles. The van der Waals surface area contributed by atoms with E-state index < -0.39 is 6.61 Å². The first-order valence-electron chi connectivity index (χ1n) is 6.91. The van der Waals surface area contributed by atoms with Crippen molar-refractivity contribution < 1.29 is 23.0 Å². The number of ether oxygens (including phenoxy) is 2. The highest BCUT2D eigenvalue weighted by Gasteiger charge is 2.10. The zero-order valence-corrected chi connectivity index (χ0v) is 13.0. The van der Waals surface area contributed by atoms with E-state index in [9.17, 15) is 13.6 Å². The van der Waals surface area contributed by atoms with Gasteiger partial charge in [-0.15, -0.1) is 0 Å². The topological polar surface area (TPSA) is 50.8 Å². The van der Waals surface area contributed by atoms with E-state index in [4.69, 9.17) is 4.74 Å². The normalized spacial score (nSPS) is 12.5. The summed E-state index contributed by atoms with van der Waals surface area (Å²) in [6.45, 7) is 0.264. The molecule has 1 unspecified atom stereocenters. The van der Waals surface area contributed by atoms with Gasteiger partial charge in [0.1, 0.15) is 5.75 Å². The van der Waals surface area contributed by atoms with E-state index in [-0.39, 0.29) is 24.2 Å². The first-order chi connectivity index (χ1) is 10.4. The van der Waals surface area contributed by atoms with Crippen molar-refractivity contribution in [3.05, 3.63) is 29.8 Å². The third-order valence-electron chi connectivity index (χ3n) is 2.84. The van der Waals surface area contributed by atoms with Crippen LogP contribution in [-0.4, -0.2) is 50.8 Å². The molecule has 1 aromatic rings. The number of nitrogens with one attached hydrogen (secondary N) is 1. The highest BCUT2D eigenvalue weighted by atomic mass is 19.3. The minimum atomic E-state index is -2.83. The van der Waals surface area contributed by atoms with Crippen molar-refractivity contribution in [1.82, 2.24) is 10.2 Å². The first-order valence-corrected chi connectivity index (χ1v) is 6.91. The number of hydrogen-bond acceptors (Lipinski definition) is 4. The molecule has 0 spiro atoms. The fourth-order valence-corrected chi connectivity index (χ4v) is 2.00. The minimum Gasteiger partial charge on any atom is -0.435 e. The van der Waals surface area contributed by atoms with Crippen molar-refractivity contribution in [2.75, 3.05) is 27.3 Å². The summed E-state index contributed by atoms with van der Waals surface area (Å²) in [4.78, 5) is 13.6. The molecule has 0 aromatic heterocycles. The number of alkyl halides is 2. The van der Waals surface area contributed by atoms with E-state index in [0.717, 1.165) is 5.56 Å². The van der Waals surface area contributed by atoms with E-state index in [0.29, 0.717) is 13.2 Å². The van der Waals surface area contributed by atoms with Crippen LogP contribution in [0.1, 0.15) is 12.5 Å². The molecule has 0 saturated heterocycles. The second kappa shape index (κ2) is 9.32. The van der Waals surface area contributed by atoms with Gasteiger partial charge in [-0.05, 0) is 31.7 Å². The predicted octanol–water partition coefficient (Wildman–Crippen LogP) is 1.87. The van der Waals surface area contributed by atoms with Crippen molar-refractivity contribution in [2.24, 2.45) is 0 Å². The largest absolute Gasteiger partial charge is 0.435 e. The number of hydrogen-bond donors (Lipinski definition) is 1. The van der Waals surface area contributed by atoms with Crippen LogP contribution in [0.3, 0.4) is 0 Å². The number of nitrogens with zero attached hydrogens (tertiary/aromatic N) is 1. The molecule has 22 heavy (non-hydrogen) atoms. The molecule has 1 N–H and O–H groups in total. The van der Waals surface area contributed by atoms with Crippen molar-refractivity contribution in [3.63, 3.8) is 0 Å². The Hall–Kier alpha value is -1.73. The Morgan fingerprint density at radius 2 is 1.95 bits per heavy atom. The Balaban J connectivity index is 2.41. The predicted molar refractivity (Wildman–Crippen MR) is 78.9 cm³/mol. The number of carbonyl (C=O) groups is 1. The van der Waals surface area contributed by atoms with Crippen LogP contribution in [0.15, 0.2) is 24.3 Å². The first kappa shape index (κ1) is 18.3. The number of methoxy groups -OCH3 is 1. The van der Waals surface area contributed by atoms with Gasteiger partial charge in [-0.3, -0.25) is 9.69 Å². The molecular formula is C15H22F2N2O3. The molecule has 5 nitrogen and oxygen atoms in total. The van der Waals surface area contributed by atoms with Crippen LogP contribution in [-0.2, 0) is 16.1 Å². The summed E-state index contributed by atoms with van der Waals surface area (Å²) in [6, 6.07) is 6.31. The van der Waals surface area contributed by atoms with Gasteiger partial charge in [0.15, 0.2) is 0 Å². The number of rotatable bonds is 9. The molecule has 0 heterocycles. The Bertz CT molecular complexity index is 455. The number of amides is 1. The fraction of sp³-hybridized carbons (Fsp3) is 0.533. The molecule has 124 valence electrons. The lowest BCUT2D eigenvalue weighted by Gasteiger charge is -2.19. The summed E-state index contributed by atoms with van der Waals surface area (Å²) in [5.74, 6) is 0.0252. The minimum absolute atomic E-state index is 0.0447. The van der Waals surface area contributed by atoms with Gasteiger partial charge in [0, 0.05) is 19.7 Å². The molecule has 1 rings (SSSR count). The van der Waals surface area contributed by atoms with Gasteiger partial charge in [-0.1, -0.05) is 12.1 Å². The fourth-order valence-electron chi connectivity index (χ4n) is 2.00. The van der Waals surface area contributed by atoms with Crippen LogP contribution in [0, 0.1) is 0 Å². The maximum Gasteiger partial charge on any atom is 0.387 e. The summed E-state index contributed by atoms with van der Waals surface area (Å²) >= 11 is 0. The average molecular weight is 316 g/mol. The Morgan fingerprint density at radius 1 is 1.32 bits per heavy atom. The molecule has 0 aliphatic carbocycles. The van der Waals surface area contributed by atoms with Crippen LogP contribution in [0.25, 0.3) is 0 Å². The van der Waals surface area contributed by atoms with Gasteiger partial charge in [0.05, 0.1) is 13.2 Å². The van der Waals surface area contributed by atoms with E-state index >= 15 is 0 Å². The molecule has 0 radical (unpaired) electrons. The summed E-state index contributed by atoms with van der Waals surface area (Å²) in [5.41, 5.74) is 0.904. The summed E-state index contributed by atoms with van der Waals surface area (Å²) in [6.07, 6.45) is 0. The zero-order valence-electron chi connectivity index (χ0n) is 13.0. The highest BCUT2D eigenvalue weighted by Crippen LogP contribution is 2.15. The van der Waals surface area contributed by atoms with Crippen molar-refractivity contribution in [1.29, 1.82) is 0 Å². The quantitative estimate of drug-likeness (QED) is 0.756. The van der Waals surface area contributed by atoms with Gasteiger partial charge in [0.2, 0.25) is 5.91 Å². The van der Waals surface area contributed by atoms with Crippen LogP contribution < -0.4 is 10.1 Å². The monoisotopic (exact) mass is 316 g/mol. The smallest absolute Gasteiger partial charge is 0.387 e. The molecule has 1 amide bonds. The average Bonchev–Trinajstić information content (AvgIpc) is 2.40. The van der Waals surface area contributed by atoms with Crippen LogP contribution >= 0.6 is 0 Å². The molecule has 1 atom stereocenters. The number of benzene rings is 1. The van der Waals surface area contributed by atoms with Crippen molar-refractivity contribution in [3.8, 4) is 5.75 Å². The lowest BCUT2D eigenvalue weighted by Crippen LogP contribution is -2.41. The van der Waals surface area contributed by atoms with Crippen LogP contribution in [0.2, 0.25) is 0 Å². The lowest BCUT2D eigenvalue weighted by molar-refractivity contribution is -0.123. The van der Waals surface area contributed by atoms with Crippen LogP contribution in [0.4, 0.5) is 8.78 Å². The number of halogens is 2. The van der Waals surface area contributed by atoms with Crippen molar-refractivity contribution >= 4 is 5.91 Å². The molecule has 0 fully saturated rings.